The molecule has 0 aliphatic rings. The number of methoxy groups -OCH3 is 1. The van der Waals surface area contributed by atoms with Crippen molar-refractivity contribution < 1.29 is 9.53 Å². The number of carbonyl (C=O) groups is 1. The van der Waals surface area contributed by atoms with Crippen LogP contribution in [0, 0.1) is 13.8 Å². The van der Waals surface area contributed by atoms with Gasteiger partial charge in [0.05, 0.1) is 7.11 Å². The Labute approximate surface area is 113 Å². The lowest BCUT2D eigenvalue weighted by Crippen LogP contribution is -2.02. The molecule has 2 rings (SSSR count). The average molecular weight is 255 g/mol. The highest BCUT2D eigenvalue weighted by Gasteiger charge is 2.16. The number of anilines is 1. The molecule has 98 valence electrons. The number of hydrogen-bond donors (Lipinski definition) is 1. The van der Waals surface area contributed by atoms with Crippen LogP contribution in [0.2, 0.25) is 0 Å². The topological polar surface area (TPSA) is 52.3 Å². The molecule has 0 aliphatic heterocycles. The standard InChI is InChI=1S/C16H17NO2/c1-10-6-4-5-7-12(10)16-11(2)13(9-18)14(17)8-15(16)19-3/h4-9H,17H2,1-3H3. The fraction of sp³-hybridized carbons (Fsp3) is 0.188. The van der Waals surface area contributed by atoms with Crippen LogP contribution in [0.5, 0.6) is 5.75 Å². The minimum absolute atomic E-state index is 0.446. The molecule has 3 nitrogen and oxygen atoms in total. The third kappa shape index (κ3) is 2.19. The lowest BCUT2D eigenvalue weighted by Gasteiger charge is -2.17. The summed E-state index contributed by atoms with van der Waals surface area (Å²) in [6.07, 6.45) is 0.797. The van der Waals surface area contributed by atoms with Crippen LogP contribution in [0.4, 0.5) is 5.69 Å². The van der Waals surface area contributed by atoms with Crippen LogP contribution >= 0.6 is 0 Å². The van der Waals surface area contributed by atoms with Crippen LogP contribution < -0.4 is 10.5 Å². The van der Waals surface area contributed by atoms with Crippen molar-refractivity contribution in [1.29, 1.82) is 0 Å². The van der Waals surface area contributed by atoms with E-state index in [2.05, 4.69) is 0 Å². The normalized spacial score (nSPS) is 10.3. The summed E-state index contributed by atoms with van der Waals surface area (Å²) in [5.41, 5.74) is 10.8. The van der Waals surface area contributed by atoms with Gasteiger partial charge in [-0.3, -0.25) is 4.79 Å². The van der Waals surface area contributed by atoms with Gasteiger partial charge in [0.25, 0.3) is 0 Å². The molecule has 0 aromatic heterocycles. The fourth-order valence-corrected chi connectivity index (χ4v) is 2.33. The van der Waals surface area contributed by atoms with Crippen LogP contribution in [0.3, 0.4) is 0 Å². The van der Waals surface area contributed by atoms with Crippen LogP contribution in [0.15, 0.2) is 30.3 Å². The molecule has 0 fully saturated rings. The predicted molar refractivity (Wildman–Crippen MR) is 77.7 cm³/mol. The molecule has 3 heteroatoms. The molecular formula is C16H17NO2. The molecular weight excluding hydrogens is 238 g/mol. The first-order chi connectivity index (χ1) is 9.10. The quantitative estimate of drug-likeness (QED) is 0.675. The molecule has 0 saturated heterocycles. The smallest absolute Gasteiger partial charge is 0.152 e. The number of rotatable bonds is 3. The molecule has 2 N–H and O–H groups in total. The monoisotopic (exact) mass is 255 g/mol. The number of aryl methyl sites for hydroxylation is 1. The van der Waals surface area contributed by atoms with Gasteiger partial charge >= 0.3 is 0 Å². The summed E-state index contributed by atoms with van der Waals surface area (Å²) in [5, 5.41) is 0. The lowest BCUT2D eigenvalue weighted by molar-refractivity contribution is 0.112. The minimum Gasteiger partial charge on any atom is -0.496 e. The van der Waals surface area contributed by atoms with E-state index in [0.717, 1.165) is 28.5 Å². The molecule has 19 heavy (non-hydrogen) atoms. The van der Waals surface area contributed by atoms with Gasteiger partial charge < -0.3 is 10.5 Å². The van der Waals surface area contributed by atoms with Crippen molar-refractivity contribution in [1.82, 2.24) is 0 Å². The van der Waals surface area contributed by atoms with Crippen molar-refractivity contribution in [3.05, 3.63) is 47.0 Å². The Morgan fingerprint density at radius 3 is 2.47 bits per heavy atom. The molecule has 0 saturated carbocycles. The Morgan fingerprint density at radius 2 is 1.89 bits per heavy atom. The predicted octanol–water partition coefficient (Wildman–Crippen LogP) is 3.37. The Kier molecular flexibility index (Phi) is 3.56. The summed E-state index contributed by atoms with van der Waals surface area (Å²) >= 11 is 0. The highest BCUT2D eigenvalue weighted by atomic mass is 16.5. The molecule has 0 heterocycles. The maximum Gasteiger partial charge on any atom is 0.152 e. The molecule has 0 aliphatic carbocycles. The number of nitrogen functional groups attached to an aromatic ring is 1. The van der Waals surface area contributed by atoms with E-state index < -0.39 is 0 Å². The van der Waals surface area contributed by atoms with E-state index in [9.17, 15) is 4.79 Å². The zero-order chi connectivity index (χ0) is 14.0. The number of hydrogen-bond acceptors (Lipinski definition) is 3. The van der Waals surface area contributed by atoms with Crippen molar-refractivity contribution in [3.63, 3.8) is 0 Å². The molecule has 2 aromatic carbocycles. The van der Waals surface area contributed by atoms with Crippen molar-refractivity contribution in [3.8, 4) is 16.9 Å². The Balaban J connectivity index is 2.82. The van der Waals surface area contributed by atoms with E-state index in [-0.39, 0.29) is 0 Å². The average Bonchev–Trinajstić information content (AvgIpc) is 2.40. The summed E-state index contributed by atoms with van der Waals surface area (Å²) in [6.45, 7) is 3.93. The van der Waals surface area contributed by atoms with Gasteiger partial charge in [-0.05, 0) is 30.5 Å². The third-order valence-electron chi connectivity index (χ3n) is 3.38. The van der Waals surface area contributed by atoms with E-state index in [0.29, 0.717) is 17.0 Å². The highest BCUT2D eigenvalue weighted by Crippen LogP contribution is 2.38. The second-order valence-electron chi connectivity index (χ2n) is 4.51. The van der Waals surface area contributed by atoms with Gasteiger partial charge in [-0.15, -0.1) is 0 Å². The summed E-state index contributed by atoms with van der Waals surface area (Å²) < 4.78 is 5.42. The van der Waals surface area contributed by atoms with Crippen LogP contribution in [0.25, 0.3) is 11.1 Å². The van der Waals surface area contributed by atoms with Gasteiger partial charge in [-0.2, -0.15) is 0 Å². The maximum absolute atomic E-state index is 11.2. The minimum atomic E-state index is 0.446. The number of ether oxygens (including phenoxy) is 1. The highest BCUT2D eigenvalue weighted by molar-refractivity contribution is 5.92. The zero-order valence-electron chi connectivity index (χ0n) is 11.4. The summed E-state index contributed by atoms with van der Waals surface area (Å²) in [5.74, 6) is 0.690. The first-order valence-electron chi connectivity index (χ1n) is 6.08. The summed E-state index contributed by atoms with van der Waals surface area (Å²) in [7, 11) is 1.61. The second-order valence-corrected chi connectivity index (χ2v) is 4.51. The van der Waals surface area contributed by atoms with Crippen LogP contribution in [0.1, 0.15) is 21.5 Å². The molecule has 0 bridgehead atoms. The van der Waals surface area contributed by atoms with E-state index in [1.807, 2.05) is 38.1 Å². The number of carbonyl (C=O) groups excluding carboxylic acids is 1. The first-order valence-corrected chi connectivity index (χ1v) is 6.08. The van der Waals surface area contributed by atoms with E-state index >= 15 is 0 Å². The van der Waals surface area contributed by atoms with Crippen molar-refractivity contribution in [2.24, 2.45) is 0 Å². The van der Waals surface area contributed by atoms with Crippen molar-refractivity contribution in [2.75, 3.05) is 12.8 Å². The Hall–Kier alpha value is -2.29. The largest absolute Gasteiger partial charge is 0.496 e. The SMILES string of the molecule is COc1cc(N)c(C=O)c(C)c1-c1ccccc1C. The summed E-state index contributed by atoms with van der Waals surface area (Å²) in [6, 6.07) is 9.71. The van der Waals surface area contributed by atoms with Crippen molar-refractivity contribution in [2.45, 2.75) is 13.8 Å². The van der Waals surface area contributed by atoms with E-state index in [1.165, 1.54) is 0 Å². The Bertz CT molecular complexity index is 633. The molecule has 2 aromatic rings. The number of nitrogens with two attached hydrogens (primary N) is 1. The second kappa shape index (κ2) is 5.14. The fourth-order valence-electron chi connectivity index (χ4n) is 2.33. The zero-order valence-corrected chi connectivity index (χ0v) is 11.4. The van der Waals surface area contributed by atoms with E-state index in [1.54, 1.807) is 13.2 Å². The van der Waals surface area contributed by atoms with Crippen molar-refractivity contribution >= 4 is 12.0 Å². The van der Waals surface area contributed by atoms with Gasteiger partial charge in [0.15, 0.2) is 6.29 Å². The molecule has 0 spiro atoms. The van der Waals surface area contributed by atoms with Crippen LogP contribution in [-0.2, 0) is 0 Å². The first kappa shape index (κ1) is 13.1. The summed E-state index contributed by atoms with van der Waals surface area (Å²) in [4.78, 5) is 11.2. The van der Waals surface area contributed by atoms with E-state index in [4.69, 9.17) is 10.5 Å². The molecule has 0 amide bonds. The molecule has 0 unspecified atom stereocenters. The van der Waals surface area contributed by atoms with Gasteiger partial charge in [-0.25, -0.2) is 0 Å². The van der Waals surface area contributed by atoms with Gasteiger partial charge in [0.2, 0.25) is 0 Å². The van der Waals surface area contributed by atoms with Gasteiger partial charge in [0, 0.05) is 22.9 Å². The lowest BCUT2D eigenvalue weighted by atomic mass is 9.92. The maximum atomic E-state index is 11.2. The third-order valence-corrected chi connectivity index (χ3v) is 3.38. The van der Waals surface area contributed by atoms with Crippen LogP contribution in [-0.4, -0.2) is 13.4 Å². The molecule has 0 atom stereocenters. The van der Waals surface area contributed by atoms with Gasteiger partial charge in [-0.1, -0.05) is 24.3 Å². The Morgan fingerprint density at radius 1 is 1.21 bits per heavy atom. The molecule has 0 radical (unpaired) electrons. The van der Waals surface area contributed by atoms with Gasteiger partial charge in [0.1, 0.15) is 5.75 Å². The number of benzene rings is 2. The number of aldehydes is 1.